The van der Waals surface area contributed by atoms with E-state index >= 15 is 0 Å². The van der Waals surface area contributed by atoms with E-state index in [-0.39, 0.29) is 11.8 Å². The summed E-state index contributed by atoms with van der Waals surface area (Å²) in [6.07, 6.45) is 1.20. The van der Waals surface area contributed by atoms with Crippen LogP contribution < -0.4 is 10.6 Å². The van der Waals surface area contributed by atoms with E-state index in [9.17, 15) is 9.59 Å². The molecule has 0 radical (unpaired) electrons. The number of carbonyl (C=O) groups excluding carboxylic acids is 2. The van der Waals surface area contributed by atoms with Crippen molar-refractivity contribution in [3.8, 4) is 0 Å². The van der Waals surface area contributed by atoms with Gasteiger partial charge in [0.05, 0.1) is 0 Å². The molecule has 0 saturated heterocycles. The number of benzene rings is 1. The highest BCUT2D eigenvalue weighted by atomic mass is 35.5. The second kappa shape index (κ2) is 8.53. The molecular formula is C14H19ClN2O2. The minimum Gasteiger partial charge on any atom is -0.356 e. The fourth-order valence-corrected chi connectivity index (χ4v) is 1.71. The first-order valence-corrected chi connectivity index (χ1v) is 6.90. The zero-order chi connectivity index (χ0) is 14.1. The fourth-order valence-electron chi connectivity index (χ4n) is 1.54. The molecule has 0 heterocycles. The smallest absolute Gasteiger partial charge is 0.251 e. The van der Waals surface area contributed by atoms with Gasteiger partial charge < -0.3 is 10.6 Å². The average molecular weight is 283 g/mol. The number of carbonyl (C=O) groups is 2. The van der Waals surface area contributed by atoms with E-state index in [0.29, 0.717) is 31.0 Å². The largest absolute Gasteiger partial charge is 0.356 e. The van der Waals surface area contributed by atoms with Crippen LogP contribution in [-0.4, -0.2) is 24.9 Å². The Bertz CT molecular complexity index is 435. The van der Waals surface area contributed by atoms with E-state index in [0.717, 1.165) is 12.0 Å². The monoisotopic (exact) mass is 282 g/mol. The summed E-state index contributed by atoms with van der Waals surface area (Å²) < 4.78 is 0. The van der Waals surface area contributed by atoms with Crippen LogP contribution in [0, 0.1) is 0 Å². The molecule has 0 fully saturated rings. The molecule has 2 amide bonds. The van der Waals surface area contributed by atoms with Crippen molar-refractivity contribution in [1.82, 2.24) is 10.6 Å². The third-order valence-electron chi connectivity index (χ3n) is 2.55. The highest BCUT2D eigenvalue weighted by Gasteiger charge is 2.06. The lowest BCUT2D eigenvalue weighted by Gasteiger charge is -2.06. The number of nitrogens with one attached hydrogen (secondary N) is 2. The second-order valence-corrected chi connectivity index (χ2v) is 4.46. The Balaban J connectivity index is 2.36. The maximum absolute atomic E-state index is 11.8. The van der Waals surface area contributed by atoms with E-state index in [1.54, 1.807) is 18.2 Å². The van der Waals surface area contributed by atoms with E-state index in [4.69, 9.17) is 11.6 Å². The minimum atomic E-state index is -0.185. The Kier molecular flexibility index (Phi) is 6.97. The maximum Gasteiger partial charge on any atom is 0.251 e. The van der Waals surface area contributed by atoms with Gasteiger partial charge in [0.25, 0.3) is 5.91 Å². The van der Waals surface area contributed by atoms with Crippen LogP contribution in [0.25, 0.3) is 0 Å². The van der Waals surface area contributed by atoms with Crippen LogP contribution in [0.3, 0.4) is 0 Å². The first-order chi connectivity index (χ1) is 9.17. The quantitative estimate of drug-likeness (QED) is 0.752. The number of hydrogen-bond donors (Lipinski definition) is 2. The van der Waals surface area contributed by atoms with E-state index < -0.39 is 0 Å². The molecular weight excluding hydrogens is 264 g/mol. The van der Waals surface area contributed by atoms with Crippen molar-refractivity contribution in [3.63, 3.8) is 0 Å². The van der Waals surface area contributed by atoms with Gasteiger partial charge in [-0.15, -0.1) is 11.6 Å². The van der Waals surface area contributed by atoms with Crippen molar-refractivity contribution in [1.29, 1.82) is 0 Å². The number of rotatable bonds is 7. The van der Waals surface area contributed by atoms with Crippen molar-refractivity contribution in [3.05, 3.63) is 35.4 Å². The Labute approximate surface area is 118 Å². The van der Waals surface area contributed by atoms with Gasteiger partial charge in [-0.2, -0.15) is 0 Å². The van der Waals surface area contributed by atoms with Crippen molar-refractivity contribution in [2.45, 2.75) is 25.6 Å². The van der Waals surface area contributed by atoms with Gasteiger partial charge in [0.1, 0.15) is 0 Å². The normalized spacial score (nSPS) is 10.0. The number of halogens is 1. The fraction of sp³-hybridized carbons (Fsp3) is 0.429. The summed E-state index contributed by atoms with van der Waals surface area (Å²) in [4.78, 5) is 23.2. The highest BCUT2D eigenvalue weighted by Crippen LogP contribution is 2.07. The number of amides is 2. The molecule has 19 heavy (non-hydrogen) atoms. The van der Waals surface area contributed by atoms with E-state index in [1.807, 2.05) is 13.0 Å². The first-order valence-electron chi connectivity index (χ1n) is 6.37. The molecule has 0 aliphatic carbocycles. The van der Waals surface area contributed by atoms with Gasteiger partial charge in [0, 0.05) is 31.0 Å². The molecule has 1 aromatic rings. The van der Waals surface area contributed by atoms with Gasteiger partial charge >= 0.3 is 0 Å². The maximum atomic E-state index is 11.8. The molecule has 1 aromatic carbocycles. The van der Waals surface area contributed by atoms with Crippen LogP contribution in [0.15, 0.2) is 24.3 Å². The third kappa shape index (κ3) is 5.75. The molecule has 0 aliphatic heterocycles. The van der Waals surface area contributed by atoms with Crippen LogP contribution >= 0.6 is 11.6 Å². The molecule has 0 spiro atoms. The van der Waals surface area contributed by atoms with Crippen molar-refractivity contribution in [2.24, 2.45) is 0 Å². The molecule has 0 unspecified atom stereocenters. The second-order valence-electron chi connectivity index (χ2n) is 4.19. The van der Waals surface area contributed by atoms with Gasteiger partial charge in [-0.3, -0.25) is 9.59 Å². The Hall–Kier alpha value is -1.55. The summed E-state index contributed by atoms with van der Waals surface area (Å²) in [5.74, 6) is 0.146. The van der Waals surface area contributed by atoms with Gasteiger partial charge in [-0.25, -0.2) is 0 Å². The SMILES string of the molecule is CCCNC(=O)CCNC(=O)c1cccc(CCl)c1. The predicted molar refractivity (Wildman–Crippen MR) is 76.2 cm³/mol. The molecule has 4 nitrogen and oxygen atoms in total. The number of hydrogen-bond acceptors (Lipinski definition) is 2. The predicted octanol–water partition coefficient (Wildman–Crippen LogP) is 2.07. The number of alkyl halides is 1. The molecule has 0 aromatic heterocycles. The van der Waals surface area contributed by atoms with Crippen molar-refractivity contribution in [2.75, 3.05) is 13.1 Å². The summed E-state index contributed by atoms with van der Waals surface area (Å²) >= 11 is 5.71. The minimum absolute atomic E-state index is 0.0448. The Morgan fingerprint density at radius 2 is 2.00 bits per heavy atom. The molecule has 0 aliphatic rings. The van der Waals surface area contributed by atoms with Crippen LogP contribution in [0.2, 0.25) is 0 Å². The summed E-state index contributed by atoms with van der Waals surface area (Å²) in [6.45, 7) is 3.00. The zero-order valence-electron chi connectivity index (χ0n) is 11.0. The topological polar surface area (TPSA) is 58.2 Å². The van der Waals surface area contributed by atoms with E-state index in [2.05, 4.69) is 10.6 Å². The van der Waals surface area contributed by atoms with Crippen LogP contribution in [0.4, 0.5) is 0 Å². The van der Waals surface area contributed by atoms with Crippen molar-refractivity contribution >= 4 is 23.4 Å². The molecule has 0 atom stereocenters. The van der Waals surface area contributed by atoms with Gasteiger partial charge in [-0.1, -0.05) is 19.1 Å². The van der Waals surface area contributed by atoms with Gasteiger partial charge in [-0.05, 0) is 24.1 Å². The lowest BCUT2D eigenvalue weighted by atomic mass is 10.1. The lowest BCUT2D eigenvalue weighted by molar-refractivity contribution is -0.120. The average Bonchev–Trinajstić information content (AvgIpc) is 2.45. The highest BCUT2D eigenvalue weighted by molar-refractivity contribution is 6.17. The van der Waals surface area contributed by atoms with Gasteiger partial charge in [0.15, 0.2) is 0 Å². The molecule has 104 valence electrons. The summed E-state index contributed by atoms with van der Waals surface area (Å²) in [7, 11) is 0. The molecule has 1 rings (SSSR count). The molecule has 0 saturated carbocycles. The zero-order valence-corrected chi connectivity index (χ0v) is 11.8. The van der Waals surface area contributed by atoms with Crippen LogP contribution in [-0.2, 0) is 10.7 Å². The van der Waals surface area contributed by atoms with E-state index in [1.165, 1.54) is 0 Å². The first kappa shape index (κ1) is 15.5. The molecule has 5 heteroatoms. The standard InChI is InChI=1S/C14H19ClN2O2/c1-2-7-16-13(18)6-8-17-14(19)12-5-3-4-11(9-12)10-15/h3-5,9H,2,6-8,10H2,1H3,(H,16,18)(H,17,19). The van der Waals surface area contributed by atoms with Crippen LogP contribution in [0.5, 0.6) is 0 Å². The summed E-state index contributed by atoms with van der Waals surface area (Å²) in [6, 6.07) is 7.13. The van der Waals surface area contributed by atoms with Crippen LogP contribution in [0.1, 0.15) is 35.7 Å². The third-order valence-corrected chi connectivity index (χ3v) is 2.86. The molecule has 0 bridgehead atoms. The summed E-state index contributed by atoms with van der Waals surface area (Å²) in [5, 5.41) is 5.47. The van der Waals surface area contributed by atoms with Gasteiger partial charge in [0.2, 0.25) is 5.91 Å². The Morgan fingerprint density at radius 3 is 2.68 bits per heavy atom. The Morgan fingerprint density at radius 1 is 1.21 bits per heavy atom. The summed E-state index contributed by atoms with van der Waals surface area (Å²) in [5.41, 5.74) is 1.46. The molecule has 2 N–H and O–H groups in total. The van der Waals surface area contributed by atoms with Crippen molar-refractivity contribution < 1.29 is 9.59 Å². The lowest BCUT2D eigenvalue weighted by Crippen LogP contribution is -2.31.